The van der Waals surface area contributed by atoms with Crippen LogP contribution in [0.15, 0.2) is 42.6 Å². The molecule has 16 heteroatoms. The highest BCUT2D eigenvalue weighted by atomic mass is 19.1. The molecule has 1 unspecified atom stereocenters. The summed E-state index contributed by atoms with van der Waals surface area (Å²) in [5, 5.41) is 20.8. The van der Waals surface area contributed by atoms with Gasteiger partial charge in [-0.05, 0) is 87.8 Å². The van der Waals surface area contributed by atoms with E-state index in [2.05, 4.69) is 47.9 Å². The lowest BCUT2D eigenvalue weighted by Gasteiger charge is -2.39. The number of methoxy groups -OCH3 is 1. The summed E-state index contributed by atoms with van der Waals surface area (Å²) < 4.78 is 23.1. The molecule has 0 bridgehead atoms. The SMILES string of the molecule is CC[C@@H]1c2nnc(C)n2-c2cnc(Nc3ccc(C(=O)NC4CCN(c5ccc(NC6CCC(=O)NC6=O)cc5F)CC4)cc3OC)nc2N1CC1CCCCC1. The van der Waals surface area contributed by atoms with E-state index in [9.17, 15) is 14.4 Å². The minimum absolute atomic E-state index is 0.0479. The molecule has 15 nitrogen and oxygen atoms in total. The Morgan fingerprint density at radius 3 is 2.54 bits per heavy atom. The lowest BCUT2D eigenvalue weighted by molar-refractivity contribution is -0.133. The van der Waals surface area contributed by atoms with E-state index in [0.717, 1.165) is 36.1 Å². The van der Waals surface area contributed by atoms with E-state index >= 15 is 4.39 Å². The number of nitrogens with zero attached hydrogens (tertiary/aromatic N) is 7. The first-order valence-corrected chi connectivity index (χ1v) is 20.2. The molecular formula is C41H50FN11O4. The number of halogens is 1. The average molecular weight is 780 g/mol. The summed E-state index contributed by atoms with van der Waals surface area (Å²) >= 11 is 0. The number of imide groups is 1. The summed E-state index contributed by atoms with van der Waals surface area (Å²) in [6.07, 6.45) is 10.8. The summed E-state index contributed by atoms with van der Waals surface area (Å²) in [6.45, 7) is 6.15. The summed E-state index contributed by atoms with van der Waals surface area (Å²) in [5.41, 5.74) is 2.89. The molecule has 1 saturated carbocycles. The molecule has 2 saturated heterocycles. The highest BCUT2D eigenvalue weighted by molar-refractivity contribution is 6.01. The summed E-state index contributed by atoms with van der Waals surface area (Å²) in [5.74, 6) is 2.73. The van der Waals surface area contributed by atoms with Gasteiger partial charge in [0.05, 0.1) is 30.7 Å². The predicted molar refractivity (Wildman–Crippen MR) is 214 cm³/mol. The number of hydrogen-bond donors (Lipinski definition) is 4. The van der Waals surface area contributed by atoms with Gasteiger partial charge in [0.25, 0.3) is 5.91 Å². The number of hydrogen-bond acceptors (Lipinski definition) is 12. The Kier molecular flexibility index (Phi) is 10.9. The second-order valence-electron chi connectivity index (χ2n) is 15.5. The third-order valence-corrected chi connectivity index (χ3v) is 11.8. The number of anilines is 5. The van der Waals surface area contributed by atoms with Crippen LogP contribution >= 0.6 is 0 Å². The molecule has 8 rings (SSSR count). The van der Waals surface area contributed by atoms with E-state index in [1.807, 2.05) is 18.0 Å². The van der Waals surface area contributed by atoms with Crippen LogP contribution in [0.5, 0.6) is 5.75 Å². The van der Waals surface area contributed by atoms with E-state index in [4.69, 9.17) is 14.7 Å². The highest BCUT2D eigenvalue weighted by Crippen LogP contribution is 2.41. The van der Waals surface area contributed by atoms with Crippen molar-refractivity contribution in [3.05, 3.63) is 65.6 Å². The largest absolute Gasteiger partial charge is 0.495 e. The molecule has 2 aromatic carbocycles. The van der Waals surface area contributed by atoms with Gasteiger partial charge in [-0.3, -0.25) is 24.3 Å². The Morgan fingerprint density at radius 1 is 1.00 bits per heavy atom. The standard InChI is InChI=1S/C41H50FN11O4/c1-4-32-38-50-49-24(2)53(38)34-22-43-41(48-37(34)52(32)23-25-8-6-5-7-9-25)46-30-12-10-26(20-35(30)57-3)39(55)45-27-16-18-51(19-17-27)33-14-11-28(21-29(33)42)44-31-13-15-36(54)47-40(31)56/h10-12,14,20-22,25,27,31-32,44H,4-9,13,15-19,23H2,1-3H3,(H,45,55)(H,43,46,48)(H,47,54,56)/t31?,32-/m1/s1. The number of carbonyl (C=O) groups is 3. The summed E-state index contributed by atoms with van der Waals surface area (Å²) in [7, 11) is 1.57. The number of carbonyl (C=O) groups excluding carboxylic acids is 3. The van der Waals surface area contributed by atoms with E-state index in [0.29, 0.717) is 72.6 Å². The van der Waals surface area contributed by atoms with Crippen LogP contribution in [0.25, 0.3) is 5.69 Å². The van der Waals surface area contributed by atoms with Crippen LogP contribution in [0.1, 0.15) is 99.2 Å². The lowest BCUT2D eigenvalue weighted by Crippen LogP contribution is -2.47. The number of piperidine rings is 2. The van der Waals surface area contributed by atoms with Crippen molar-refractivity contribution >= 4 is 46.5 Å². The fraction of sp³-hybridized carbons (Fsp3) is 0.488. The van der Waals surface area contributed by atoms with Gasteiger partial charge in [0.15, 0.2) is 11.6 Å². The minimum atomic E-state index is -0.589. The molecule has 3 amide bonds. The molecule has 3 aliphatic heterocycles. The molecule has 2 aromatic heterocycles. The second kappa shape index (κ2) is 16.4. The molecule has 0 spiro atoms. The molecule has 3 fully saturated rings. The summed E-state index contributed by atoms with van der Waals surface area (Å²) in [4.78, 5) is 51.2. The van der Waals surface area contributed by atoms with Gasteiger partial charge in [0.1, 0.15) is 29.1 Å². The van der Waals surface area contributed by atoms with Gasteiger partial charge in [-0.1, -0.05) is 26.2 Å². The van der Waals surface area contributed by atoms with Crippen LogP contribution < -0.4 is 35.8 Å². The smallest absolute Gasteiger partial charge is 0.251 e. The van der Waals surface area contributed by atoms with E-state index < -0.39 is 17.8 Å². The molecule has 2 atom stereocenters. The fourth-order valence-electron chi connectivity index (χ4n) is 8.71. The van der Waals surface area contributed by atoms with Gasteiger partial charge >= 0.3 is 0 Å². The molecule has 4 aromatic rings. The Labute approximate surface area is 331 Å². The van der Waals surface area contributed by atoms with Gasteiger partial charge in [-0.25, -0.2) is 9.37 Å². The number of rotatable bonds is 11. The lowest BCUT2D eigenvalue weighted by atomic mass is 9.88. The van der Waals surface area contributed by atoms with Crippen molar-refractivity contribution in [3.63, 3.8) is 0 Å². The zero-order valence-corrected chi connectivity index (χ0v) is 32.7. The number of aromatic nitrogens is 5. The second-order valence-corrected chi connectivity index (χ2v) is 15.5. The van der Waals surface area contributed by atoms with Crippen molar-refractivity contribution in [2.45, 2.75) is 96.2 Å². The van der Waals surface area contributed by atoms with Crippen LogP contribution in [0.3, 0.4) is 0 Å². The number of ether oxygens (including phenoxy) is 1. The van der Waals surface area contributed by atoms with Gasteiger partial charge in [-0.15, -0.1) is 10.2 Å². The molecule has 1 aliphatic carbocycles. The van der Waals surface area contributed by atoms with Crippen molar-refractivity contribution in [2.24, 2.45) is 5.92 Å². The van der Waals surface area contributed by atoms with Crippen LogP contribution in [0.4, 0.5) is 33.2 Å². The first-order valence-electron chi connectivity index (χ1n) is 20.2. The van der Waals surface area contributed by atoms with Crippen LogP contribution in [0.2, 0.25) is 0 Å². The molecule has 0 radical (unpaired) electrons. The fourth-order valence-corrected chi connectivity index (χ4v) is 8.71. The van der Waals surface area contributed by atoms with E-state index in [-0.39, 0.29) is 30.3 Å². The predicted octanol–water partition coefficient (Wildman–Crippen LogP) is 5.72. The van der Waals surface area contributed by atoms with Crippen molar-refractivity contribution in [2.75, 3.05) is 47.2 Å². The number of amides is 3. The maximum Gasteiger partial charge on any atom is 0.251 e. The van der Waals surface area contributed by atoms with Gasteiger partial charge in [0.2, 0.25) is 17.8 Å². The van der Waals surface area contributed by atoms with Gasteiger partial charge in [0, 0.05) is 43.3 Å². The minimum Gasteiger partial charge on any atom is -0.495 e. The van der Waals surface area contributed by atoms with Crippen molar-refractivity contribution < 1.29 is 23.5 Å². The number of nitrogens with one attached hydrogen (secondary N) is 4. The van der Waals surface area contributed by atoms with Crippen LogP contribution in [-0.2, 0) is 9.59 Å². The first kappa shape index (κ1) is 38.1. The number of benzene rings is 2. The zero-order chi connectivity index (χ0) is 39.6. The maximum absolute atomic E-state index is 15.2. The first-order chi connectivity index (χ1) is 27.7. The normalized spacial score (nSPS) is 20.1. The quantitative estimate of drug-likeness (QED) is 0.137. The van der Waals surface area contributed by atoms with Gasteiger partial charge in [-0.2, -0.15) is 4.98 Å². The van der Waals surface area contributed by atoms with Crippen LogP contribution in [0, 0.1) is 18.7 Å². The van der Waals surface area contributed by atoms with Crippen molar-refractivity contribution in [3.8, 4) is 11.4 Å². The monoisotopic (exact) mass is 779 g/mol. The number of aryl methyl sites for hydroxylation is 1. The Hall–Kier alpha value is -5.80. The highest BCUT2D eigenvalue weighted by Gasteiger charge is 2.36. The van der Waals surface area contributed by atoms with E-state index in [1.54, 1.807) is 37.4 Å². The number of fused-ring (bicyclic) bond motifs is 3. The van der Waals surface area contributed by atoms with Gasteiger partial charge < -0.3 is 30.5 Å². The molecule has 57 heavy (non-hydrogen) atoms. The van der Waals surface area contributed by atoms with Crippen LogP contribution in [-0.4, -0.2) is 81.3 Å². The summed E-state index contributed by atoms with van der Waals surface area (Å²) in [6, 6.07) is 9.45. The third-order valence-electron chi connectivity index (χ3n) is 11.8. The Bertz CT molecular complexity index is 2150. The molecule has 4 N–H and O–H groups in total. The van der Waals surface area contributed by atoms with E-state index in [1.165, 1.54) is 38.2 Å². The Morgan fingerprint density at radius 2 is 1.81 bits per heavy atom. The zero-order valence-electron chi connectivity index (χ0n) is 32.7. The molecule has 4 aliphatic rings. The average Bonchev–Trinajstić information content (AvgIpc) is 3.60. The van der Waals surface area contributed by atoms with Crippen molar-refractivity contribution in [1.29, 1.82) is 0 Å². The maximum atomic E-state index is 15.2. The van der Waals surface area contributed by atoms with Crippen molar-refractivity contribution in [1.82, 2.24) is 35.4 Å². The topological polar surface area (TPSA) is 172 Å². The molecular weight excluding hydrogens is 730 g/mol. The molecule has 300 valence electrons. The Balaban J connectivity index is 0.910. The molecule has 5 heterocycles. The third kappa shape index (κ3) is 7.94.